The average Bonchev–Trinajstić information content (AvgIpc) is 2.25. The summed E-state index contributed by atoms with van der Waals surface area (Å²) in [6.07, 6.45) is 1.23. The third kappa shape index (κ3) is 3.72. The Hall–Kier alpha value is -0.120. The van der Waals surface area contributed by atoms with Gasteiger partial charge >= 0.3 is 0 Å². The number of hydrogen-bond acceptors (Lipinski definition) is 3. The number of likely N-dealkylation sites (N-methyl/N-ethyl adjacent to an activating group) is 2. The number of hydrogen-bond donors (Lipinski definition) is 1. The summed E-state index contributed by atoms with van der Waals surface area (Å²) in [5, 5.41) is 3.57. The summed E-state index contributed by atoms with van der Waals surface area (Å²) >= 11 is 0. The second kappa shape index (κ2) is 6.58. The van der Waals surface area contributed by atoms with Crippen molar-refractivity contribution in [3.05, 3.63) is 0 Å². The molecule has 1 heterocycles. The van der Waals surface area contributed by atoms with Crippen LogP contribution in [0, 0.1) is 0 Å². The highest BCUT2D eigenvalue weighted by Gasteiger charge is 2.27. The lowest BCUT2D eigenvalue weighted by Crippen LogP contribution is -2.57. The van der Waals surface area contributed by atoms with Gasteiger partial charge < -0.3 is 5.32 Å². The lowest BCUT2D eigenvalue weighted by molar-refractivity contribution is 0.0541. The van der Waals surface area contributed by atoms with Crippen molar-refractivity contribution in [2.24, 2.45) is 0 Å². The molecule has 1 saturated heterocycles. The molecule has 0 aromatic rings. The van der Waals surface area contributed by atoms with Crippen LogP contribution in [-0.2, 0) is 0 Å². The molecule has 0 aromatic heterocycles. The van der Waals surface area contributed by atoms with E-state index in [0.29, 0.717) is 18.1 Å². The molecule has 0 amide bonds. The van der Waals surface area contributed by atoms with Crippen molar-refractivity contribution in [1.29, 1.82) is 0 Å². The second-order valence-corrected chi connectivity index (χ2v) is 5.24. The zero-order chi connectivity index (χ0) is 12.1. The van der Waals surface area contributed by atoms with E-state index in [1.54, 1.807) is 0 Å². The molecule has 0 aromatic carbocycles. The van der Waals surface area contributed by atoms with Gasteiger partial charge in [-0.2, -0.15) is 0 Å². The molecule has 1 rings (SSSR count). The molecular formula is C13H29N3. The quantitative estimate of drug-likeness (QED) is 0.766. The van der Waals surface area contributed by atoms with Crippen LogP contribution in [-0.4, -0.2) is 61.2 Å². The minimum absolute atomic E-state index is 0.660. The van der Waals surface area contributed by atoms with Gasteiger partial charge in [0.1, 0.15) is 0 Å². The van der Waals surface area contributed by atoms with Crippen LogP contribution in [0.15, 0.2) is 0 Å². The maximum Gasteiger partial charge on any atom is 0.0195 e. The first-order chi connectivity index (χ1) is 7.58. The molecule has 0 aliphatic carbocycles. The monoisotopic (exact) mass is 227 g/mol. The smallest absolute Gasteiger partial charge is 0.0195 e. The fraction of sp³-hybridized carbons (Fsp3) is 1.00. The Bertz CT molecular complexity index is 184. The van der Waals surface area contributed by atoms with E-state index in [4.69, 9.17) is 0 Å². The summed E-state index contributed by atoms with van der Waals surface area (Å²) in [6, 6.07) is 2.03. The Morgan fingerprint density at radius 1 is 1.19 bits per heavy atom. The first-order valence-corrected chi connectivity index (χ1v) is 6.76. The molecule has 1 N–H and O–H groups in total. The summed E-state index contributed by atoms with van der Waals surface area (Å²) < 4.78 is 0. The highest BCUT2D eigenvalue weighted by Crippen LogP contribution is 2.13. The lowest BCUT2D eigenvalue weighted by Gasteiger charge is -2.43. The minimum atomic E-state index is 0.660. The van der Waals surface area contributed by atoms with Gasteiger partial charge in [-0.3, -0.25) is 9.80 Å². The molecule has 96 valence electrons. The van der Waals surface area contributed by atoms with Crippen molar-refractivity contribution in [3.8, 4) is 0 Å². The highest BCUT2D eigenvalue weighted by atomic mass is 15.3. The van der Waals surface area contributed by atoms with Crippen LogP contribution in [0.5, 0.6) is 0 Å². The molecule has 16 heavy (non-hydrogen) atoms. The Morgan fingerprint density at radius 2 is 1.75 bits per heavy atom. The highest BCUT2D eigenvalue weighted by molar-refractivity contribution is 4.84. The normalized spacial score (nSPS) is 30.6. The second-order valence-electron chi connectivity index (χ2n) is 5.24. The Morgan fingerprint density at radius 3 is 2.19 bits per heavy atom. The third-order valence-electron chi connectivity index (χ3n) is 3.90. The van der Waals surface area contributed by atoms with Crippen LogP contribution in [0.4, 0.5) is 0 Å². The Kier molecular flexibility index (Phi) is 5.73. The van der Waals surface area contributed by atoms with Gasteiger partial charge in [0.15, 0.2) is 0 Å². The van der Waals surface area contributed by atoms with E-state index in [9.17, 15) is 0 Å². The summed E-state index contributed by atoms with van der Waals surface area (Å²) in [6.45, 7) is 13.8. The first-order valence-electron chi connectivity index (χ1n) is 6.76. The van der Waals surface area contributed by atoms with Crippen LogP contribution < -0.4 is 5.32 Å². The summed E-state index contributed by atoms with van der Waals surface area (Å²) in [5.41, 5.74) is 0. The Balaban J connectivity index is 2.42. The van der Waals surface area contributed by atoms with E-state index in [2.05, 4.69) is 49.9 Å². The fourth-order valence-electron chi connectivity index (χ4n) is 2.60. The van der Waals surface area contributed by atoms with Crippen molar-refractivity contribution in [2.45, 2.75) is 52.2 Å². The van der Waals surface area contributed by atoms with Gasteiger partial charge in [0.25, 0.3) is 0 Å². The summed E-state index contributed by atoms with van der Waals surface area (Å²) in [4.78, 5) is 5.11. The van der Waals surface area contributed by atoms with Gasteiger partial charge in [0.05, 0.1) is 0 Å². The van der Waals surface area contributed by atoms with Crippen LogP contribution >= 0.6 is 0 Å². The zero-order valence-electron chi connectivity index (χ0n) is 11.7. The summed E-state index contributed by atoms with van der Waals surface area (Å²) in [7, 11) is 2.24. The van der Waals surface area contributed by atoms with Crippen LogP contribution in [0.3, 0.4) is 0 Å². The number of nitrogens with one attached hydrogen (secondary N) is 1. The van der Waals surface area contributed by atoms with Gasteiger partial charge in [-0.05, 0) is 33.9 Å². The average molecular weight is 227 g/mol. The van der Waals surface area contributed by atoms with E-state index in [0.717, 1.165) is 6.54 Å². The maximum absolute atomic E-state index is 3.57. The molecule has 0 radical (unpaired) electrons. The van der Waals surface area contributed by atoms with Gasteiger partial charge in [0.2, 0.25) is 0 Å². The first kappa shape index (κ1) is 13.9. The molecule has 3 nitrogen and oxygen atoms in total. The number of piperazine rings is 1. The molecule has 0 bridgehead atoms. The number of nitrogens with zero attached hydrogens (tertiary/aromatic N) is 2. The van der Waals surface area contributed by atoms with Crippen molar-refractivity contribution >= 4 is 0 Å². The lowest BCUT2D eigenvalue weighted by atomic mass is 10.1. The van der Waals surface area contributed by atoms with E-state index in [1.807, 2.05) is 0 Å². The topological polar surface area (TPSA) is 18.5 Å². The summed E-state index contributed by atoms with van der Waals surface area (Å²) in [5.74, 6) is 0. The molecule has 3 unspecified atom stereocenters. The third-order valence-corrected chi connectivity index (χ3v) is 3.90. The van der Waals surface area contributed by atoms with Gasteiger partial charge in [-0.1, -0.05) is 13.8 Å². The van der Waals surface area contributed by atoms with E-state index in [-0.39, 0.29) is 0 Å². The maximum atomic E-state index is 3.57. The molecule has 1 aliphatic heterocycles. The van der Waals surface area contributed by atoms with Crippen LogP contribution in [0.25, 0.3) is 0 Å². The van der Waals surface area contributed by atoms with Crippen LogP contribution in [0.2, 0.25) is 0 Å². The molecule has 0 saturated carbocycles. The molecule has 3 atom stereocenters. The van der Waals surface area contributed by atoms with Crippen molar-refractivity contribution in [1.82, 2.24) is 15.1 Å². The van der Waals surface area contributed by atoms with E-state index >= 15 is 0 Å². The van der Waals surface area contributed by atoms with Crippen molar-refractivity contribution in [3.63, 3.8) is 0 Å². The molecular weight excluding hydrogens is 198 g/mol. The standard InChI is InChI=1S/C13H29N3/c1-6-13(14-7-2)10-16-8-11(3)15(5)12(4)9-16/h11-14H,6-10H2,1-5H3. The molecule has 3 heteroatoms. The van der Waals surface area contributed by atoms with Crippen molar-refractivity contribution < 1.29 is 0 Å². The molecule has 1 fully saturated rings. The molecule has 1 aliphatic rings. The van der Waals surface area contributed by atoms with E-state index in [1.165, 1.54) is 26.1 Å². The zero-order valence-corrected chi connectivity index (χ0v) is 11.7. The van der Waals surface area contributed by atoms with Gasteiger partial charge in [0, 0.05) is 37.8 Å². The molecule has 0 spiro atoms. The SMILES string of the molecule is CCNC(CC)CN1CC(C)N(C)C(C)C1. The van der Waals surface area contributed by atoms with E-state index < -0.39 is 0 Å². The predicted molar refractivity (Wildman–Crippen MR) is 70.9 cm³/mol. The Labute approximate surface area is 101 Å². The number of rotatable bonds is 5. The van der Waals surface area contributed by atoms with Gasteiger partial charge in [-0.25, -0.2) is 0 Å². The predicted octanol–water partition coefficient (Wildman–Crippen LogP) is 1.40. The fourth-order valence-corrected chi connectivity index (χ4v) is 2.60. The van der Waals surface area contributed by atoms with Crippen molar-refractivity contribution in [2.75, 3.05) is 33.2 Å². The minimum Gasteiger partial charge on any atom is -0.313 e. The van der Waals surface area contributed by atoms with Gasteiger partial charge in [-0.15, -0.1) is 0 Å². The van der Waals surface area contributed by atoms with Crippen LogP contribution in [0.1, 0.15) is 34.1 Å². The largest absolute Gasteiger partial charge is 0.313 e.